The second-order valence-electron chi connectivity index (χ2n) is 7.16. The summed E-state index contributed by atoms with van der Waals surface area (Å²) in [4.78, 5) is 22.7. The number of methoxy groups -OCH3 is 1. The van der Waals surface area contributed by atoms with Crippen molar-refractivity contribution in [2.45, 2.75) is 19.6 Å². The van der Waals surface area contributed by atoms with Gasteiger partial charge < -0.3 is 18.8 Å². The van der Waals surface area contributed by atoms with E-state index in [0.29, 0.717) is 11.6 Å². The Balaban J connectivity index is 1.42. The highest BCUT2D eigenvalue weighted by atomic mass is 16.5. The van der Waals surface area contributed by atoms with Crippen molar-refractivity contribution in [3.8, 4) is 11.5 Å². The molecule has 2 aromatic heterocycles. The molecule has 0 radical (unpaired) electrons. The number of nitrogens with zero attached hydrogens (tertiary/aromatic N) is 3. The van der Waals surface area contributed by atoms with Crippen LogP contribution in [-0.4, -0.2) is 34.9 Å². The molecule has 158 valence electrons. The van der Waals surface area contributed by atoms with Crippen molar-refractivity contribution >= 4 is 16.7 Å². The molecule has 1 unspecified atom stereocenters. The summed E-state index contributed by atoms with van der Waals surface area (Å²) in [7, 11) is 3.37. The normalized spacial score (nSPS) is 11.8. The third-order valence-corrected chi connectivity index (χ3v) is 5.24. The summed E-state index contributed by atoms with van der Waals surface area (Å²) in [5.41, 5.74) is 1.23. The van der Waals surface area contributed by atoms with Crippen LogP contribution >= 0.6 is 0 Å². The minimum absolute atomic E-state index is 0.117. The van der Waals surface area contributed by atoms with Crippen molar-refractivity contribution in [2.24, 2.45) is 0 Å². The number of carbonyl (C=O) groups excluding carboxylic acids is 1. The van der Waals surface area contributed by atoms with Crippen LogP contribution in [0.1, 0.15) is 34.9 Å². The molecule has 0 aliphatic carbocycles. The molecule has 0 fully saturated rings. The summed E-state index contributed by atoms with van der Waals surface area (Å²) in [5.74, 6) is 1.57. The average Bonchev–Trinajstić information content (AvgIpc) is 3.30. The quantitative estimate of drug-likeness (QED) is 0.436. The largest absolute Gasteiger partial charge is 0.497 e. The second-order valence-corrected chi connectivity index (χ2v) is 7.16. The van der Waals surface area contributed by atoms with Crippen molar-refractivity contribution < 1.29 is 18.7 Å². The highest BCUT2D eigenvalue weighted by Gasteiger charge is 2.22. The van der Waals surface area contributed by atoms with Crippen LogP contribution in [0.15, 0.2) is 71.6 Å². The zero-order chi connectivity index (χ0) is 21.8. The van der Waals surface area contributed by atoms with Crippen LogP contribution in [-0.2, 0) is 6.61 Å². The number of fused-ring (bicyclic) bond motifs is 1. The van der Waals surface area contributed by atoms with E-state index in [4.69, 9.17) is 13.9 Å². The lowest BCUT2D eigenvalue weighted by Gasteiger charge is -2.24. The number of benzene rings is 2. The maximum absolute atomic E-state index is 12.8. The van der Waals surface area contributed by atoms with E-state index < -0.39 is 0 Å². The zero-order valence-corrected chi connectivity index (χ0v) is 17.6. The van der Waals surface area contributed by atoms with Crippen LogP contribution in [0.4, 0.5) is 0 Å². The van der Waals surface area contributed by atoms with Gasteiger partial charge in [0.1, 0.15) is 17.8 Å². The highest BCUT2D eigenvalue weighted by molar-refractivity contribution is 5.92. The molecule has 0 bridgehead atoms. The van der Waals surface area contributed by atoms with Crippen LogP contribution in [0, 0.1) is 0 Å². The van der Waals surface area contributed by atoms with Crippen LogP contribution in [0.2, 0.25) is 0 Å². The number of hydrogen-bond acceptors (Lipinski definition) is 6. The van der Waals surface area contributed by atoms with Gasteiger partial charge in [0.05, 0.1) is 13.2 Å². The standard InChI is InChI=1S/C24H23N3O4/c1-16(17-8-10-25-11-9-17)27(2)24(28)22-14-31-23(26-22)15-30-21-7-5-18-4-6-20(29-3)12-19(18)13-21/h4-14,16H,15H2,1-3H3. The summed E-state index contributed by atoms with van der Waals surface area (Å²) in [6.45, 7) is 2.07. The molecule has 4 rings (SSSR count). The van der Waals surface area contributed by atoms with Crippen LogP contribution in [0.3, 0.4) is 0 Å². The first kappa shape index (κ1) is 20.4. The van der Waals surface area contributed by atoms with E-state index in [1.165, 1.54) is 6.26 Å². The molecular weight excluding hydrogens is 394 g/mol. The number of amides is 1. The molecule has 1 atom stereocenters. The van der Waals surface area contributed by atoms with Gasteiger partial charge in [-0.15, -0.1) is 0 Å². The highest BCUT2D eigenvalue weighted by Crippen LogP contribution is 2.25. The second kappa shape index (κ2) is 8.87. The van der Waals surface area contributed by atoms with E-state index in [1.807, 2.05) is 55.5 Å². The first-order valence-corrected chi connectivity index (χ1v) is 9.87. The number of oxazole rings is 1. The van der Waals surface area contributed by atoms with E-state index in [0.717, 1.165) is 22.1 Å². The molecule has 0 saturated heterocycles. The summed E-state index contributed by atoms with van der Waals surface area (Å²) in [6.07, 6.45) is 4.78. The number of carbonyl (C=O) groups is 1. The maximum Gasteiger partial charge on any atom is 0.276 e. The molecule has 0 spiro atoms. The third kappa shape index (κ3) is 4.50. The lowest BCUT2D eigenvalue weighted by molar-refractivity contribution is 0.0736. The molecule has 0 saturated carbocycles. The van der Waals surface area contributed by atoms with Gasteiger partial charge in [-0.25, -0.2) is 4.98 Å². The summed E-state index contributed by atoms with van der Waals surface area (Å²) >= 11 is 0. The Labute approximate surface area is 180 Å². The van der Waals surface area contributed by atoms with Gasteiger partial charge in [-0.2, -0.15) is 0 Å². The van der Waals surface area contributed by atoms with Gasteiger partial charge in [-0.05, 0) is 59.7 Å². The first-order chi connectivity index (χ1) is 15.0. The predicted molar refractivity (Wildman–Crippen MR) is 116 cm³/mol. The van der Waals surface area contributed by atoms with E-state index in [9.17, 15) is 4.79 Å². The van der Waals surface area contributed by atoms with Gasteiger partial charge in [0.2, 0.25) is 5.89 Å². The van der Waals surface area contributed by atoms with Gasteiger partial charge in [0, 0.05) is 19.4 Å². The molecule has 1 amide bonds. The van der Waals surface area contributed by atoms with E-state index in [2.05, 4.69) is 9.97 Å². The van der Waals surface area contributed by atoms with E-state index in [-0.39, 0.29) is 24.2 Å². The minimum atomic E-state index is -0.225. The molecule has 0 N–H and O–H groups in total. The fraction of sp³-hybridized carbons (Fsp3) is 0.208. The molecule has 0 aliphatic rings. The predicted octanol–water partition coefficient (Wildman–Crippen LogP) is 4.64. The summed E-state index contributed by atoms with van der Waals surface area (Å²) < 4.78 is 16.5. The van der Waals surface area contributed by atoms with Crippen molar-refractivity contribution in [1.29, 1.82) is 0 Å². The third-order valence-electron chi connectivity index (χ3n) is 5.24. The van der Waals surface area contributed by atoms with Gasteiger partial charge >= 0.3 is 0 Å². The first-order valence-electron chi connectivity index (χ1n) is 9.87. The molecule has 0 aliphatic heterocycles. The average molecular weight is 417 g/mol. The fourth-order valence-corrected chi connectivity index (χ4v) is 3.26. The number of pyridine rings is 1. The van der Waals surface area contributed by atoms with Crippen molar-refractivity contribution in [2.75, 3.05) is 14.2 Å². The molecule has 7 nitrogen and oxygen atoms in total. The molecular formula is C24H23N3O4. The van der Waals surface area contributed by atoms with Gasteiger partial charge in [0.15, 0.2) is 12.3 Å². The van der Waals surface area contributed by atoms with Crippen LogP contribution in [0.5, 0.6) is 11.5 Å². The SMILES string of the molecule is COc1ccc2ccc(OCc3nc(C(=O)N(C)C(C)c4ccncc4)co3)cc2c1. The summed E-state index contributed by atoms with van der Waals surface area (Å²) in [6, 6.07) is 15.3. The van der Waals surface area contributed by atoms with Crippen molar-refractivity contribution in [3.05, 3.63) is 84.3 Å². The van der Waals surface area contributed by atoms with Gasteiger partial charge in [-0.1, -0.05) is 12.1 Å². The Morgan fingerprint density at radius 2 is 1.77 bits per heavy atom. The Morgan fingerprint density at radius 1 is 1.06 bits per heavy atom. The topological polar surface area (TPSA) is 77.7 Å². The fourth-order valence-electron chi connectivity index (χ4n) is 3.26. The Hall–Kier alpha value is -3.87. The molecule has 31 heavy (non-hydrogen) atoms. The van der Waals surface area contributed by atoms with E-state index >= 15 is 0 Å². The van der Waals surface area contributed by atoms with E-state index in [1.54, 1.807) is 31.5 Å². The van der Waals surface area contributed by atoms with Crippen molar-refractivity contribution in [1.82, 2.24) is 14.9 Å². The van der Waals surface area contributed by atoms with Gasteiger partial charge in [0.25, 0.3) is 5.91 Å². The number of ether oxygens (including phenoxy) is 2. The molecule has 4 aromatic rings. The number of aromatic nitrogens is 2. The molecule has 2 aromatic carbocycles. The zero-order valence-electron chi connectivity index (χ0n) is 17.6. The van der Waals surface area contributed by atoms with Crippen molar-refractivity contribution in [3.63, 3.8) is 0 Å². The lowest BCUT2D eigenvalue weighted by Crippen LogP contribution is -2.30. The molecule has 7 heteroatoms. The Morgan fingerprint density at radius 3 is 2.52 bits per heavy atom. The minimum Gasteiger partial charge on any atom is -0.497 e. The van der Waals surface area contributed by atoms with Crippen LogP contribution in [0.25, 0.3) is 10.8 Å². The van der Waals surface area contributed by atoms with Gasteiger partial charge in [-0.3, -0.25) is 9.78 Å². The monoisotopic (exact) mass is 417 g/mol. The Kier molecular flexibility index (Phi) is 5.84. The van der Waals surface area contributed by atoms with Crippen LogP contribution < -0.4 is 9.47 Å². The molecule has 2 heterocycles. The maximum atomic E-state index is 12.8. The smallest absolute Gasteiger partial charge is 0.276 e. The summed E-state index contributed by atoms with van der Waals surface area (Å²) in [5, 5.41) is 2.09. The Bertz CT molecular complexity index is 1190. The lowest BCUT2D eigenvalue weighted by atomic mass is 10.1. The number of hydrogen-bond donors (Lipinski definition) is 0. The number of rotatable bonds is 7.